The van der Waals surface area contributed by atoms with Gasteiger partial charge in [0.05, 0.1) is 12.5 Å². The highest BCUT2D eigenvalue weighted by molar-refractivity contribution is 5.78. The van der Waals surface area contributed by atoms with Crippen LogP contribution < -0.4 is 10.1 Å². The molecule has 0 radical (unpaired) electrons. The third-order valence-corrected chi connectivity index (χ3v) is 4.14. The molecule has 1 saturated heterocycles. The molecular weight excluding hydrogens is 326 g/mol. The SMILES string of the molecule is O=C(COCCOc1ccccc1)NCC(C(=O)O)C1CCOCC1. The summed E-state index contributed by atoms with van der Waals surface area (Å²) < 4.78 is 16.0. The van der Waals surface area contributed by atoms with Crippen molar-refractivity contribution >= 4 is 11.9 Å². The number of aliphatic carboxylic acids is 1. The Kier molecular flexibility index (Phi) is 8.21. The molecule has 2 N–H and O–H groups in total. The molecule has 1 amide bonds. The van der Waals surface area contributed by atoms with Crippen LogP contribution in [0, 0.1) is 11.8 Å². The van der Waals surface area contributed by atoms with E-state index >= 15 is 0 Å². The van der Waals surface area contributed by atoms with Gasteiger partial charge >= 0.3 is 5.97 Å². The van der Waals surface area contributed by atoms with Gasteiger partial charge in [-0.2, -0.15) is 0 Å². The van der Waals surface area contributed by atoms with Crippen molar-refractivity contribution in [3.05, 3.63) is 30.3 Å². The fraction of sp³-hybridized carbons (Fsp3) is 0.556. The number of rotatable bonds is 10. The van der Waals surface area contributed by atoms with Crippen molar-refractivity contribution in [2.24, 2.45) is 11.8 Å². The Balaban J connectivity index is 1.59. The molecule has 0 saturated carbocycles. The van der Waals surface area contributed by atoms with Gasteiger partial charge in [0.15, 0.2) is 0 Å². The second-order valence-corrected chi connectivity index (χ2v) is 5.91. The van der Waals surface area contributed by atoms with E-state index in [1.165, 1.54) is 0 Å². The van der Waals surface area contributed by atoms with Crippen molar-refractivity contribution < 1.29 is 28.9 Å². The van der Waals surface area contributed by atoms with Crippen molar-refractivity contribution in [2.45, 2.75) is 12.8 Å². The number of carbonyl (C=O) groups excluding carboxylic acids is 1. The summed E-state index contributed by atoms with van der Waals surface area (Å²) >= 11 is 0. The lowest BCUT2D eigenvalue weighted by Gasteiger charge is -2.27. The Morgan fingerprint density at radius 3 is 2.60 bits per heavy atom. The minimum Gasteiger partial charge on any atom is -0.491 e. The van der Waals surface area contributed by atoms with Crippen LogP contribution in [-0.4, -0.2) is 56.6 Å². The Labute approximate surface area is 147 Å². The van der Waals surface area contributed by atoms with E-state index in [2.05, 4.69) is 5.32 Å². The average Bonchev–Trinajstić information content (AvgIpc) is 2.63. The van der Waals surface area contributed by atoms with Crippen LogP contribution in [-0.2, 0) is 19.1 Å². The summed E-state index contributed by atoms with van der Waals surface area (Å²) in [5, 5.41) is 12.0. The molecule has 1 aromatic carbocycles. The Hall–Kier alpha value is -2.12. The van der Waals surface area contributed by atoms with Gasteiger partial charge < -0.3 is 24.6 Å². The number of carboxylic acid groups (broad SMARTS) is 1. The number of benzene rings is 1. The van der Waals surface area contributed by atoms with Gasteiger partial charge in [0.2, 0.25) is 5.91 Å². The van der Waals surface area contributed by atoms with Gasteiger partial charge in [0.25, 0.3) is 0 Å². The molecule has 1 unspecified atom stereocenters. The molecule has 0 aliphatic carbocycles. The van der Waals surface area contributed by atoms with Gasteiger partial charge in [-0.15, -0.1) is 0 Å². The summed E-state index contributed by atoms with van der Waals surface area (Å²) in [6.45, 7) is 1.78. The molecule has 1 fully saturated rings. The highest BCUT2D eigenvalue weighted by Crippen LogP contribution is 2.23. The molecule has 7 heteroatoms. The summed E-state index contributed by atoms with van der Waals surface area (Å²) in [6.07, 6.45) is 1.42. The molecule has 138 valence electrons. The largest absolute Gasteiger partial charge is 0.491 e. The Morgan fingerprint density at radius 1 is 1.20 bits per heavy atom. The molecule has 1 aliphatic rings. The number of nitrogens with one attached hydrogen (secondary N) is 1. The zero-order valence-electron chi connectivity index (χ0n) is 14.2. The van der Waals surface area contributed by atoms with Crippen molar-refractivity contribution in [3.8, 4) is 5.75 Å². The molecule has 0 spiro atoms. The minimum absolute atomic E-state index is 0.0340. The minimum atomic E-state index is -0.885. The number of para-hydroxylation sites is 1. The number of hydrogen-bond donors (Lipinski definition) is 2. The van der Waals surface area contributed by atoms with Crippen molar-refractivity contribution in [1.82, 2.24) is 5.32 Å². The number of hydrogen-bond acceptors (Lipinski definition) is 5. The monoisotopic (exact) mass is 351 g/mol. The van der Waals surface area contributed by atoms with Crippen LogP contribution in [0.2, 0.25) is 0 Å². The zero-order valence-corrected chi connectivity index (χ0v) is 14.2. The van der Waals surface area contributed by atoms with Gasteiger partial charge in [0.1, 0.15) is 19.0 Å². The van der Waals surface area contributed by atoms with Crippen LogP contribution in [0.25, 0.3) is 0 Å². The second kappa shape index (κ2) is 10.7. The first-order valence-electron chi connectivity index (χ1n) is 8.49. The lowest BCUT2D eigenvalue weighted by Crippen LogP contribution is -2.40. The van der Waals surface area contributed by atoms with Crippen molar-refractivity contribution in [3.63, 3.8) is 0 Å². The predicted octanol–water partition coefficient (Wildman–Crippen LogP) is 1.33. The second-order valence-electron chi connectivity index (χ2n) is 5.91. The molecule has 0 aromatic heterocycles. The van der Waals surface area contributed by atoms with Gasteiger partial charge in [0, 0.05) is 19.8 Å². The van der Waals surface area contributed by atoms with Gasteiger partial charge in [-0.05, 0) is 30.9 Å². The molecule has 25 heavy (non-hydrogen) atoms. The predicted molar refractivity (Wildman–Crippen MR) is 90.4 cm³/mol. The fourth-order valence-electron chi connectivity index (χ4n) is 2.75. The highest BCUT2D eigenvalue weighted by atomic mass is 16.5. The molecule has 7 nitrogen and oxygen atoms in total. The van der Waals surface area contributed by atoms with Crippen LogP contribution in [0.5, 0.6) is 5.75 Å². The first-order valence-corrected chi connectivity index (χ1v) is 8.49. The zero-order chi connectivity index (χ0) is 17.9. The van der Waals surface area contributed by atoms with E-state index in [0.29, 0.717) is 32.7 Å². The maximum atomic E-state index is 11.8. The molecule has 1 atom stereocenters. The lowest BCUT2D eigenvalue weighted by atomic mass is 9.86. The van der Waals surface area contributed by atoms with Crippen LogP contribution in [0.15, 0.2) is 30.3 Å². The Morgan fingerprint density at radius 2 is 1.92 bits per heavy atom. The van der Waals surface area contributed by atoms with E-state index in [4.69, 9.17) is 14.2 Å². The summed E-state index contributed by atoms with van der Waals surface area (Å²) in [5.74, 6) is -1.01. The number of ether oxygens (including phenoxy) is 3. The summed E-state index contributed by atoms with van der Waals surface area (Å²) in [7, 11) is 0. The topological polar surface area (TPSA) is 94.1 Å². The van der Waals surface area contributed by atoms with Gasteiger partial charge in [-0.25, -0.2) is 0 Å². The number of carboxylic acids is 1. The van der Waals surface area contributed by atoms with E-state index in [0.717, 1.165) is 5.75 Å². The third-order valence-electron chi connectivity index (χ3n) is 4.14. The standard InChI is InChI=1S/C18H25NO6/c20-17(13-24-10-11-25-15-4-2-1-3-5-15)19-12-16(18(21)22)14-6-8-23-9-7-14/h1-5,14,16H,6-13H2,(H,19,20)(H,21,22). The maximum absolute atomic E-state index is 11.8. The summed E-state index contributed by atoms with van der Waals surface area (Å²) in [4.78, 5) is 23.2. The van der Waals surface area contributed by atoms with E-state index < -0.39 is 11.9 Å². The first-order chi connectivity index (χ1) is 12.2. The van der Waals surface area contributed by atoms with E-state index in [-0.39, 0.29) is 31.6 Å². The molecular formula is C18H25NO6. The normalized spacial score (nSPS) is 16.2. The summed E-state index contributed by atoms with van der Waals surface area (Å²) in [6, 6.07) is 9.34. The summed E-state index contributed by atoms with van der Waals surface area (Å²) in [5.41, 5.74) is 0. The fourth-order valence-corrected chi connectivity index (χ4v) is 2.75. The van der Waals surface area contributed by atoms with E-state index in [9.17, 15) is 14.7 Å². The molecule has 2 rings (SSSR count). The molecule has 1 aliphatic heterocycles. The number of carbonyl (C=O) groups is 2. The van der Waals surface area contributed by atoms with Gasteiger partial charge in [-0.1, -0.05) is 18.2 Å². The number of amides is 1. The van der Waals surface area contributed by atoms with Crippen molar-refractivity contribution in [1.29, 1.82) is 0 Å². The highest BCUT2D eigenvalue weighted by Gasteiger charge is 2.29. The van der Waals surface area contributed by atoms with E-state index in [1.807, 2.05) is 30.3 Å². The van der Waals surface area contributed by atoms with Gasteiger partial charge in [-0.3, -0.25) is 9.59 Å². The average molecular weight is 351 g/mol. The van der Waals surface area contributed by atoms with E-state index in [1.54, 1.807) is 0 Å². The van der Waals surface area contributed by atoms with Crippen molar-refractivity contribution in [2.75, 3.05) is 39.6 Å². The van der Waals surface area contributed by atoms with Crippen LogP contribution >= 0.6 is 0 Å². The third kappa shape index (κ3) is 7.11. The van der Waals surface area contributed by atoms with Crippen LogP contribution in [0.3, 0.4) is 0 Å². The molecule has 1 aromatic rings. The Bertz CT molecular complexity index is 530. The molecule has 0 bridgehead atoms. The smallest absolute Gasteiger partial charge is 0.308 e. The quantitative estimate of drug-likeness (QED) is 0.618. The van der Waals surface area contributed by atoms with Crippen LogP contribution in [0.4, 0.5) is 0 Å². The lowest BCUT2D eigenvalue weighted by molar-refractivity contribution is -0.145. The van der Waals surface area contributed by atoms with Crippen LogP contribution in [0.1, 0.15) is 12.8 Å². The maximum Gasteiger partial charge on any atom is 0.308 e. The molecule has 1 heterocycles. The first kappa shape index (κ1) is 19.2.